The van der Waals surface area contributed by atoms with Gasteiger partial charge in [-0.25, -0.2) is 0 Å². The van der Waals surface area contributed by atoms with Gasteiger partial charge < -0.3 is 9.64 Å². The van der Waals surface area contributed by atoms with E-state index in [2.05, 4.69) is 6.07 Å². The van der Waals surface area contributed by atoms with E-state index in [9.17, 15) is 10.1 Å². The number of nitrogens with zero attached hydrogens (tertiary/aromatic N) is 2. The number of amides is 1. The largest absolute Gasteiger partial charge is 0.494 e. The lowest BCUT2D eigenvalue weighted by Gasteiger charge is -2.22. The van der Waals surface area contributed by atoms with Crippen molar-refractivity contribution in [2.75, 3.05) is 13.7 Å². The van der Waals surface area contributed by atoms with E-state index in [0.29, 0.717) is 13.0 Å². The van der Waals surface area contributed by atoms with Gasteiger partial charge in [-0.2, -0.15) is 5.26 Å². The molecule has 0 heterocycles. The molecule has 0 radical (unpaired) electrons. The van der Waals surface area contributed by atoms with Gasteiger partial charge in [-0.05, 0) is 24.6 Å². The molecule has 0 aliphatic heterocycles. The molecule has 0 aromatic heterocycles. The van der Waals surface area contributed by atoms with Gasteiger partial charge in [0.05, 0.1) is 12.7 Å². The third kappa shape index (κ3) is 3.24. The lowest BCUT2D eigenvalue weighted by atomic mass is 10.1. The SMILES string of the molecule is CCOc1ccc(C(C#N)N(C)C(=O)CC)cc1. The summed E-state index contributed by atoms with van der Waals surface area (Å²) < 4.78 is 5.34. The molecule has 1 aromatic rings. The van der Waals surface area contributed by atoms with E-state index >= 15 is 0 Å². The van der Waals surface area contributed by atoms with Crippen LogP contribution in [0.15, 0.2) is 24.3 Å². The second kappa shape index (κ2) is 6.65. The normalized spacial score (nSPS) is 11.4. The average Bonchev–Trinajstić information content (AvgIpc) is 2.40. The Kier molecular flexibility index (Phi) is 5.19. The first-order valence-corrected chi connectivity index (χ1v) is 6.02. The van der Waals surface area contributed by atoms with Gasteiger partial charge in [-0.1, -0.05) is 19.1 Å². The lowest BCUT2D eigenvalue weighted by molar-refractivity contribution is -0.130. The molecular weight excluding hydrogens is 228 g/mol. The van der Waals surface area contributed by atoms with Crippen molar-refractivity contribution in [1.29, 1.82) is 5.26 Å². The predicted molar refractivity (Wildman–Crippen MR) is 69.0 cm³/mol. The number of ether oxygens (including phenoxy) is 1. The van der Waals surface area contributed by atoms with E-state index < -0.39 is 6.04 Å². The summed E-state index contributed by atoms with van der Waals surface area (Å²) in [5.41, 5.74) is 0.797. The topological polar surface area (TPSA) is 53.3 Å². The Morgan fingerprint density at radius 2 is 2.00 bits per heavy atom. The summed E-state index contributed by atoms with van der Waals surface area (Å²) in [4.78, 5) is 13.1. The van der Waals surface area contributed by atoms with Crippen molar-refractivity contribution in [3.63, 3.8) is 0 Å². The molecule has 1 rings (SSSR count). The zero-order valence-electron chi connectivity index (χ0n) is 11.0. The summed E-state index contributed by atoms with van der Waals surface area (Å²) in [6, 6.07) is 8.86. The average molecular weight is 246 g/mol. The van der Waals surface area contributed by atoms with Gasteiger partial charge in [0.15, 0.2) is 0 Å². The molecule has 0 saturated heterocycles. The second-order valence-electron chi connectivity index (χ2n) is 3.89. The van der Waals surface area contributed by atoms with Crippen molar-refractivity contribution < 1.29 is 9.53 Å². The fraction of sp³-hybridized carbons (Fsp3) is 0.429. The van der Waals surface area contributed by atoms with E-state index in [1.807, 2.05) is 31.2 Å². The Balaban J connectivity index is 2.89. The number of rotatable bonds is 5. The minimum absolute atomic E-state index is 0.0459. The first kappa shape index (κ1) is 14.0. The third-order valence-corrected chi connectivity index (χ3v) is 2.71. The maximum Gasteiger partial charge on any atom is 0.223 e. The molecule has 96 valence electrons. The molecule has 0 bridgehead atoms. The number of carbonyl (C=O) groups is 1. The van der Waals surface area contributed by atoms with Crippen LogP contribution in [0.3, 0.4) is 0 Å². The molecule has 0 spiro atoms. The van der Waals surface area contributed by atoms with Gasteiger partial charge in [0.2, 0.25) is 5.91 Å². The molecule has 0 N–H and O–H groups in total. The summed E-state index contributed by atoms with van der Waals surface area (Å²) in [6.45, 7) is 4.31. The van der Waals surface area contributed by atoms with E-state index in [1.54, 1.807) is 14.0 Å². The molecule has 1 atom stereocenters. The van der Waals surface area contributed by atoms with Crippen molar-refractivity contribution >= 4 is 5.91 Å². The van der Waals surface area contributed by atoms with Crippen LogP contribution in [0.4, 0.5) is 0 Å². The molecule has 1 unspecified atom stereocenters. The Morgan fingerprint density at radius 1 is 1.39 bits per heavy atom. The molecule has 0 aliphatic rings. The minimum atomic E-state index is -0.548. The highest BCUT2D eigenvalue weighted by Crippen LogP contribution is 2.22. The van der Waals surface area contributed by atoms with Crippen molar-refractivity contribution in [3.8, 4) is 11.8 Å². The Hall–Kier alpha value is -2.02. The van der Waals surface area contributed by atoms with Crippen molar-refractivity contribution in [2.45, 2.75) is 26.3 Å². The highest BCUT2D eigenvalue weighted by Gasteiger charge is 2.19. The van der Waals surface area contributed by atoms with Crippen LogP contribution in [-0.2, 0) is 4.79 Å². The van der Waals surface area contributed by atoms with Crippen LogP contribution in [0.5, 0.6) is 5.75 Å². The molecule has 1 aromatic carbocycles. The molecule has 0 aliphatic carbocycles. The van der Waals surface area contributed by atoms with Crippen LogP contribution < -0.4 is 4.74 Å². The Bertz CT molecular complexity index is 434. The van der Waals surface area contributed by atoms with Crippen LogP contribution in [-0.4, -0.2) is 24.5 Å². The van der Waals surface area contributed by atoms with Gasteiger partial charge in [-0.15, -0.1) is 0 Å². The van der Waals surface area contributed by atoms with Gasteiger partial charge in [-0.3, -0.25) is 4.79 Å². The summed E-state index contributed by atoms with van der Waals surface area (Å²) in [6.07, 6.45) is 0.395. The maximum absolute atomic E-state index is 11.6. The Morgan fingerprint density at radius 3 is 2.44 bits per heavy atom. The maximum atomic E-state index is 11.6. The first-order chi connectivity index (χ1) is 8.63. The van der Waals surface area contributed by atoms with Gasteiger partial charge in [0.1, 0.15) is 11.8 Å². The summed E-state index contributed by atoms with van der Waals surface area (Å²) in [5.74, 6) is 0.720. The first-order valence-electron chi connectivity index (χ1n) is 6.02. The highest BCUT2D eigenvalue weighted by atomic mass is 16.5. The molecule has 0 saturated carbocycles. The quantitative estimate of drug-likeness (QED) is 0.802. The standard InChI is InChI=1S/C14H18N2O2/c1-4-14(17)16(3)13(10-15)11-6-8-12(9-7-11)18-5-2/h6-9,13H,4-5H2,1-3H3. The van der Waals surface area contributed by atoms with Crippen LogP contribution in [0.1, 0.15) is 31.9 Å². The van der Waals surface area contributed by atoms with Crippen LogP contribution in [0.25, 0.3) is 0 Å². The van der Waals surface area contributed by atoms with E-state index in [-0.39, 0.29) is 5.91 Å². The van der Waals surface area contributed by atoms with Crippen LogP contribution >= 0.6 is 0 Å². The van der Waals surface area contributed by atoms with E-state index in [0.717, 1.165) is 11.3 Å². The van der Waals surface area contributed by atoms with Crippen molar-refractivity contribution in [2.24, 2.45) is 0 Å². The number of carbonyl (C=O) groups excluding carboxylic acids is 1. The molecule has 0 fully saturated rings. The number of benzene rings is 1. The molecule has 1 amide bonds. The highest BCUT2D eigenvalue weighted by molar-refractivity contribution is 5.76. The zero-order valence-corrected chi connectivity index (χ0v) is 11.0. The molecular formula is C14H18N2O2. The lowest BCUT2D eigenvalue weighted by Crippen LogP contribution is -2.29. The number of hydrogen-bond acceptors (Lipinski definition) is 3. The summed E-state index contributed by atoms with van der Waals surface area (Å²) in [5, 5.41) is 9.19. The zero-order chi connectivity index (χ0) is 13.5. The fourth-order valence-electron chi connectivity index (χ4n) is 1.69. The molecule has 18 heavy (non-hydrogen) atoms. The summed E-state index contributed by atoms with van der Waals surface area (Å²) in [7, 11) is 1.65. The third-order valence-electron chi connectivity index (χ3n) is 2.71. The van der Waals surface area contributed by atoms with Gasteiger partial charge >= 0.3 is 0 Å². The smallest absolute Gasteiger partial charge is 0.223 e. The number of hydrogen-bond donors (Lipinski definition) is 0. The fourth-order valence-corrected chi connectivity index (χ4v) is 1.69. The molecule has 4 heteroatoms. The van der Waals surface area contributed by atoms with Crippen LogP contribution in [0, 0.1) is 11.3 Å². The Labute approximate surface area is 108 Å². The second-order valence-corrected chi connectivity index (χ2v) is 3.89. The summed E-state index contributed by atoms with van der Waals surface area (Å²) >= 11 is 0. The minimum Gasteiger partial charge on any atom is -0.494 e. The number of nitriles is 1. The van der Waals surface area contributed by atoms with Crippen molar-refractivity contribution in [3.05, 3.63) is 29.8 Å². The van der Waals surface area contributed by atoms with Crippen LogP contribution in [0.2, 0.25) is 0 Å². The van der Waals surface area contributed by atoms with Crippen molar-refractivity contribution in [1.82, 2.24) is 4.90 Å². The van der Waals surface area contributed by atoms with Gasteiger partial charge in [0.25, 0.3) is 0 Å². The van der Waals surface area contributed by atoms with E-state index in [1.165, 1.54) is 4.90 Å². The monoisotopic (exact) mass is 246 g/mol. The van der Waals surface area contributed by atoms with E-state index in [4.69, 9.17) is 4.74 Å². The predicted octanol–water partition coefficient (Wildman–Crippen LogP) is 2.52. The molecule has 4 nitrogen and oxygen atoms in total. The van der Waals surface area contributed by atoms with Gasteiger partial charge in [0, 0.05) is 13.5 Å².